The summed E-state index contributed by atoms with van der Waals surface area (Å²) >= 11 is 0. The van der Waals surface area contributed by atoms with Crippen LogP contribution >= 0.6 is 0 Å². The second kappa shape index (κ2) is 4.29. The third-order valence-electron chi connectivity index (χ3n) is 2.20. The first-order chi connectivity index (χ1) is 7.53. The van der Waals surface area contributed by atoms with Crippen molar-refractivity contribution in [1.82, 2.24) is 0 Å². The molecule has 88 valence electrons. The van der Waals surface area contributed by atoms with Gasteiger partial charge in [-0.3, -0.25) is 0 Å². The van der Waals surface area contributed by atoms with Crippen molar-refractivity contribution in [3.63, 3.8) is 0 Å². The van der Waals surface area contributed by atoms with Gasteiger partial charge < -0.3 is 8.92 Å². The molecule has 1 fully saturated rings. The second-order valence-corrected chi connectivity index (χ2v) is 4.66. The molecule has 16 heavy (non-hydrogen) atoms. The summed E-state index contributed by atoms with van der Waals surface area (Å²) in [5.74, 6) is 1.19. The molecule has 0 bridgehead atoms. The third kappa shape index (κ3) is 3.69. The highest BCUT2D eigenvalue weighted by Gasteiger charge is 2.21. The molecule has 1 saturated carbocycles. The Morgan fingerprint density at radius 3 is 2.25 bits per heavy atom. The first kappa shape index (κ1) is 11.2. The van der Waals surface area contributed by atoms with Gasteiger partial charge in [0.2, 0.25) is 0 Å². The number of hydrogen-bond acceptors (Lipinski definition) is 4. The molecule has 6 heteroatoms. The Balaban J connectivity index is 1.92. The molecule has 0 N–H and O–H groups in total. The van der Waals surface area contributed by atoms with Gasteiger partial charge in [0.05, 0.1) is 6.61 Å². The zero-order chi connectivity index (χ0) is 11.6. The lowest BCUT2D eigenvalue weighted by atomic mass is 10.3. The van der Waals surface area contributed by atoms with E-state index in [1.165, 1.54) is 25.0 Å². The van der Waals surface area contributed by atoms with Crippen molar-refractivity contribution < 1.29 is 21.2 Å². The van der Waals surface area contributed by atoms with Gasteiger partial charge in [0.25, 0.3) is 0 Å². The van der Waals surface area contributed by atoms with E-state index in [9.17, 15) is 12.3 Å². The van der Waals surface area contributed by atoms with E-state index in [4.69, 9.17) is 4.74 Å². The van der Waals surface area contributed by atoms with E-state index in [0.29, 0.717) is 18.3 Å². The van der Waals surface area contributed by atoms with Crippen LogP contribution in [0.15, 0.2) is 24.3 Å². The number of ether oxygens (including phenoxy) is 1. The SMILES string of the molecule is O=S(=O)(F)Oc1ccc(OCC2CC2)cc1. The lowest BCUT2D eigenvalue weighted by Gasteiger charge is -2.05. The largest absolute Gasteiger partial charge is 0.493 e. The van der Waals surface area contributed by atoms with Gasteiger partial charge in [-0.2, -0.15) is 8.42 Å². The molecule has 0 amide bonds. The summed E-state index contributed by atoms with van der Waals surface area (Å²) in [5, 5.41) is 0. The van der Waals surface area contributed by atoms with Crippen molar-refractivity contribution in [3.8, 4) is 11.5 Å². The van der Waals surface area contributed by atoms with E-state index in [2.05, 4.69) is 4.18 Å². The Morgan fingerprint density at radius 1 is 1.19 bits per heavy atom. The van der Waals surface area contributed by atoms with E-state index in [-0.39, 0.29) is 5.75 Å². The molecule has 4 nitrogen and oxygen atoms in total. The predicted octanol–water partition coefficient (Wildman–Crippen LogP) is 2.07. The average Bonchev–Trinajstić information content (AvgIpc) is 2.98. The molecule has 2 rings (SSSR count). The minimum Gasteiger partial charge on any atom is -0.493 e. The average molecular weight is 246 g/mol. The Morgan fingerprint density at radius 2 is 1.75 bits per heavy atom. The lowest BCUT2D eigenvalue weighted by molar-refractivity contribution is 0.299. The fraction of sp³-hybridized carbons (Fsp3) is 0.400. The van der Waals surface area contributed by atoms with Crippen LogP contribution in [0.4, 0.5) is 3.89 Å². The molecule has 0 spiro atoms. The van der Waals surface area contributed by atoms with Crippen molar-refractivity contribution >= 4 is 10.5 Å². The van der Waals surface area contributed by atoms with E-state index < -0.39 is 10.5 Å². The normalized spacial score (nSPS) is 15.8. The van der Waals surface area contributed by atoms with Crippen LogP contribution in [-0.4, -0.2) is 15.0 Å². The molecule has 0 saturated heterocycles. The molecular formula is C10H11FO4S. The van der Waals surface area contributed by atoms with Gasteiger partial charge in [-0.1, -0.05) is 3.89 Å². The molecular weight excluding hydrogens is 235 g/mol. The third-order valence-corrected chi connectivity index (χ3v) is 2.59. The van der Waals surface area contributed by atoms with Crippen LogP contribution in [-0.2, 0) is 10.5 Å². The Hall–Kier alpha value is -1.30. The van der Waals surface area contributed by atoms with Gasteiger partial charge in [0, 0.05) is 0 Å². The van der Waals surface area contributed by atoms with E-state index in [1.807, 2.05) is 0 Å². The maximum Gasteiger partial charge on any atom is 0.488 e. The van der Waals surface area contributed by atoms with E-state index in [1.54, 1.807) is 12.1 Å². The van der Waals surface area contributed by atoms with Gasteiger partial charge >= 0.3 is 10.5 Å². The number of hydrogen-bond donors (Lipinski definition) is 0. The molecule has 0 atom stereocenters. The fourth-order valence-electron chi connectivity index (χ4n) is 1.20. The van der Waals surface area contributed by atoms with Gasteiger partial charge in [-0.15, -0.1) is 0 Å². The van der Waals surface area contributed by atoms with Crippen LogP contribution in [0.25, 0.3) is 0 Å². The molecule has 1 aromatic carbocycles. The first-order valence-corrected chi connectivity index (χ1v) is 6.21. The molecule has 0 heterocycles. The Labute approximate surface area is 93.4 Å². The highest BCUT2D eigenvalue weighted by molar-refractivity contribution is 7.81. The van der Waals surface area contributed by atoms with Gasteiger partial charge in [0.15, 0.2) is 0 Å². The Bertz CT molecular complexity index is 450. The number of halogens is 1. The molecule has 1 aliphatic rings. The molecule has 1 aromatic rings. The Kier molecular flexibility index (Phi) is 3.00. The minimum atomic E-state index is -4.95. The molecule has 0 aliphatic heterocycles. The second-order valence-electron chi connectivity index (χ2n) is 3.70. The van der Waals surface area contributed by atoms with Crippen LogP contribution in [0.5, 0.6) is 11.5 Å². The quantitative estimate of drug-likeness (QED) is 0.746. The molecule has 0 aromatic heterocycles. The van der Waals surface area contributed by atoms with Crippen LogP contribution in [0.1, 0.15) is 12.8 Å². The molecule has 0 radical (unpaired) electrons. The smallest absolute Gasteiger partial charge is 0.488 e. The van der Waals surface area contributed by atoms with Crippen molar-refractivity contribution in [1.29, 1.82) is 0 Å². The number of rotatable bonds is 5. The minimum absolute atomic E-state index is 0.0683. The monoisotopic (exact) mass is 246 g/mol. The summed E-state index contributed by atoms with van der Waals surface area (Å²) in [4.78, 5) is 0. The summed E-state index contributed by atoms with van der Waals surface area (Å²) < 4.78 is 42.0. The van der Waals surface area contributed by atoms with Crippen molar-refractivity contribution in [2.24, 2.45) is 5.92 Å². The van der Waals surface area contributed by atoms with Crippen LogP contribution < -0.4 is 8.92 Å². The van der Waals surface area contributed by atoms with E-state index >= 15 is 0 Å². The van der Waals surface area contributed by atoms with Gasteiger partial charge in [-0.05, 0) is 43.0 Å². The van der Waals surface area contributed by atoms with E-state index in [0.717, 1.165) is 0 Å². The van der Waals surface area contributed by atoms with Crippen molar-refractivity contribution in [2.45, 2.75) is 12.8 Å². The number of benzene rings is 1. The fourth-order valence-corrected chi connectivity index (χ4v) is 1.55. The highest BCUT2D eigenvalue weighted by atomic mass is 32.3. The van der Waals surface area contributed by atoms with Crippen molar-refractivity contribution in [3.05, 3.63) is 24.3 Å². The van der Waals surface area contributed by atoms with Gasteiger partial charge in [-0.25, -0.2) is 0 Å². The topological polar surface area (TPSA) is 52.6 Å². The summed E-state index contributed by atoms with van der Waals surface area (Å²) in [5.41, 5.74) is 0. The van der Waals surface area contributed by atoms with Gasteiger partial charge in [0.1, 0.15) is 11.5 Å². The van der Waals surface area contributed by atoms with Crippen LogP contribution in [0, 0.1) is 5.92 Å². The van der Waals surface area contributed by atoms with Crippen LogP contribution in [0.2, 0.25) is 0 Å². The van der Waals surface area contributed by atoms with Crippen molar-refractivity contribution in [2.75, 3.05) is 6.61 Å². The summed E-state index contributed by atoms with van der Waals surface area (Å²) in [6.45, 7) is 0.668. The summed E-state index contributed by atoms with van der Waals surface area (Å²) in [7, 11) is -4.95. The zero-order valence-corrected chi connectivity index (χ0v) is 9.24. The highest BCUT2D eigenvalue weighted by Crippen LogP contribution is 2.29. The molecule has 1 aliphatic carbocycles. The van der Waals surface area contributed by atoms with Crippen LogP contribution in [0.3, 0.4) is 0 Å². The molecule has 0 unspecified atom stereocenters. The zero-order valence-electron chi connectivity index (χ0n) is 8.43. The first-order valence-electron chi connectivity index (χ1n) is 4.90. The summed E-state index contributed by atoms with van der Waals surface area (Å²) in [6, 6.07) is 5.78. The maximum atomic E-state index is 12.2. The lowest BCUT2D eigenvalue weighted by Crippen LogP contribution is -2.01. The predicted molar refractivity (Wildman–Crippen MR) is 55.3 cm³/mol. The standard InChI is InChI=1S/C10H11FO4S/c11-16(12,13)15-10-5-3-9(4-6-10)14-7-8-1-2-8/h3-6,8H,1-2,7H2. The maximum absolute atomic E-state index is 12.2. The summed E-state index contributed by atoms with van der Waals surface area (Å²) in [6.07, 6.45) is 2.39.